The molecule has 0 radical (unpaired) electrons. The van der Waals surface area contributed by atoms with E-state index >= 15 is 0 Å². The van der Waals surface area contributed by atoms with E-state index in [1.54, 1.807) is 0 Å². The highest BCUT2D eigenvalue weighted by Crippen LogP contribution is 2.34. The second-order valence-electron chi connectivity index (χ2n) is 4.02. The number of aliphatic hydroxyl groups is 1. The van der Waals surface area contributed by atoms with E-state index in [-0.39, 0.29) is 0 Å². The quantitative estimate of drug-likeness (QED) is 0.759. The molecule has 0 aliphatic carbocycles. The Kier molecular flexibility index (Phi) is 3.11. The first-order chi connectivity index (χ1) is 7.33. The zero-order valence-corrected chi connectivity index (χ0v) is 9.19. The molecule has 0 saturated heterocycles. The first-order valence-corrected chi connectivity index (χ1v) is 5.49. The predicted octanol–water partition coefficient (Wildman–Crippen LogP) is 1.67. The summed E-state index contributed by atoms with van der Waals surface area (Å²) in [7, 11) is 2.12. The fourth-order valence-corrected chi connectivity index (χ4v) is 2.07. The van der Waals surface area contributed by atoms with Gasteiger partial charge in [0.1, 0.15) is 0 Å². The number of hydrogen-bond acceptors (Lipinski definition) is 3. The van der Waals surface area contributed by atoms with Crippen molar-refractivity contribution in [3.63, 3.8) is 0 Å². The second kappa shape index (κ2) is 4.53. The van der Waals surface area contributed by atoms with Gasteiger partial charge >= 0.3 is 0 Å². The van der Waals surface area contributed by atoms with Crippen LogP contribution in [0.1, 0.15) is 12.8 Å². The molecule has 0 spiro atoms. The molecule has 0 bridgehead atoms. The molecule has 1 aliphatic heterocycles. The third-order valence-corrected chi connectivity index (χ3v) is 2.85. The van der Waals surface area contributed by atoms with Gasteiger partial charge in [0.2, 0.25) is 0 Å². The monoisotopic (exact) mass is 206 g/mol. The Hall–Kier alpha value is -1.22. The average Bonchev–Trinajstić information content (AvgIpc) is 2.58. The van der Waals surface area contributed by atoms with Gasteiger partial charge in [-0.1, -0.05) is 12.1 Å². The van der Waals surface area contributed by atoms with Gasteiger partial charge in [-0.2, -0.15) is 0 Å². The number of rotatable bonds is 4. The molecule has 15 heavy (non-hydrogen) atoms. The van der Waals surface area contributed by atoms with Crippen LogP contribution in [0, 0.1) is 0 Å². The summed E-state index contributed by atoms with van der Waals surface area (Å²) in [5.74, 6) is 0. The Morgan fingerprint density at radius 3 is 2.67 bits per heavy atom. The Balaban J connectivity index is 2.04. The molecule has 3 nitrogen and oxygen atoms in total. The van der Waals surface area contributed by atoms with E-state index in [9.17, 15) is 0 Å². The van der Waals surface area contributed by atoms with Gasteiger partial charge in [-0.25, -0.2) is 0 Å². The summed E-state index contributed by atoms with van der Waals surface area (Å²) in [6.45, 7) is 2.29. The lowest BCUT2D eigenvalue weighted by atomic mass is 10.2. The first-order valence-electron chi connectivity index (χ1n) is 5.49. The first kappa shape index (κ1) is 10.3. The van der Waals surface area contributed by atoms with Crippen LogP contribution in [-0.4, -0.2) is 32.0 Å². The molecule has 0 amide bonds. The van der Waals surface area contributed by atoms with Crippen molar-refractivity contribution in [1.82, 2.24) is 0 Å². The summed E-state index contributed by atoms with van der Waals surface area (Å²) in [5.41, 5.74) is 2.62. The van der Waals surface area contributed by atoms with E-state index < -0.39 is 0 Å². The zero-order chi connectivity index (χ0) is 10.7. The maximum atomic E-state index is 8.76. The van der Waals surface area contributed by atoms with Crippen molar-refractivity contribution in [3.8, 4) is 0 Å². The molecular formula is C12H18N2O. The van der Waals surface area contributed by atoms with Gasteiger partial charge in [-0.3, -0.25) is 0 Å². The second-order valence-corrected chi connectivity index (χ2v) is 4.02. The zero-order valence-electron chi connectivity index (χ0n) is 9.19. The highest BCUT2D eigenvalue weighted by atomic mass is 16.2. The van der Waals surface area contributed by atoms with Gasteiger partial charge in [-0.05, 0) is 25.0 Å². The van der Waals surface area contributed by atoms with Crippen molar-refractivity contribution >= 4 is 11.4 Å². The largest absolute Gasteiger partial charge is 0.396 e. The Labute approximate surface area is 90.9 Å². The van der Waals surface area contributed by atoms with Crippen LogP contribution in [0.5, 0.6) is 0 Å². The Morgan fingerprint density at radius 1 is 1.20 bits per heavy atom. The SMILES string of the molecule is CN1CN(CCCCO)c2ccccc21. The van der Waals surface area contributed by atoms with E-state index in [0.29, 0.717) is 6.61 Å². The molecule has 1 heterocycles. The van der Waals surface area contributed by atoms with E-state index in [0.717, 1.165) is 26.1 Å². The van der Waals surface area contributed by atoms with E-state index in [1.807, 2.05) is 0 Å². The van der Waals surface area contributed by atoms with Crippen molar-refractivity contribution in [2.45, 2.75) is 12.8 Å². The van der Waals surface area contributed by atoms with Crippen LogP contribution in [0.15, 0.2) is 24.3 Å². The van der Waals surface area contributed by atoms with Crippen LogP contribution < -0.4 is 9.80 Å². The van der Waals surface area contributed by atoms with Gasteiger partial charge in [0.15, 0.2) is 0 Å². The summed E-state index contributed by atoms with van der Waals surface area (Å²) in [4.78, 5) is 4.62. The lowest BCUT2D eigenvalue weighted by Crippen LogP contribution is -2.28. The fraction of sp³-hybridized carbons (Fsp3) is 0.500. The minimum atomic E-state index is 0.297. The number of aliphatic hydroxyl groups excluding tert-OH is 1. The Bertz CT molecular complexity index is 327. The highest BCUT2D eigenvalue weighted by molar-refractivity contribution is 5.75. The van der Waals surface area contributed by atoms with Gasteiger partial charge in [0.05, 0.1) is 18.0 Å². The molecule has 0 saturated carbocycles. The molecule has 1 aromatic carbocycles. The van der Waals surface area contributed by atoms with E-state index in [1.165, 1.54) is 11.4 Å². The van der Waals surface area contributed by atoms with Gasteiger partial charge in [-0.15, -0.1) is 0 Å². The molecule has 0 fully saturated rings. The Morgan fingerprint density at radius 2 is 1.93 bits per heavy atom. The van der Waals surface area contributed by atoms with Crippen molar-refractivity contribution in [1.29, 1.82) is 0 Å². The number of hydrogen-bond donors (Lipinski definition) is 1. The van der Waals surface area contributed by atoms with Crippen LogP contribution in [0.4, 0.5) is 11.4 Å². The van der Waals surface area contributed by atoms with E-state index in [2.05, 4.69) is 41.1 Å². The highest BCUT2D eigenvalue weighted by Gasteiger charge is 2.21. The maximum Gasteiger partial charge on any atom is 0.0901 e. The number of unbranched alkanes of at least 4 members (excludes halogenated alkanes) is 1. The number of para-hydroxylation sites is 2. The third-order valence-electron chi connectivity index (χ3n) is 2.85. The van der Waals surface area contributed by atoms with Crippen LogP contribution in [0.3, 0.4) is 0 Å². The van der Waals surface area contributed by atoms with Crippen molar-refractivity contribution in [2.24, 2.45) is 0 Å². The minimum absolute atomic E-state index is 0.297. The molecule has 82 valence electrons. The van der Waals surface area contributed by atoms with Crippen LogP contribution in [0.2, 0.25) is 0 Å². The normalized spacial score (nSPS) is 14.5. The minimum Gasteiger partial charge on any atom is -0.396 e. The lowest BCUT2D eigenvalue weighted by Gasteiger charge is -2.18. The van der Waals surface area contributed by atoms with Crippen molar-refractivity contribution in [3.05, 3.63) is 24.3 Å². The predicted molar refractivity (Wildman–Crippen MR) is 63.4 cm³/mol. The smallest absolute Gasteiger partial charge is 0.0901 e. The summed E-state index contributed by atoms with van der Waals surface area (Å²) >= 11 is 0. The topological polar surface area (TPSA) is 26.7 Å². The van der Waals surface area contributed by atoms with E-state index in [4.69, 9.17) is 5.11 Å². The van der Waals surface area contributed by atoms with Crippen LogP contribution >= 0.6 is 0 Å². The summed E-state index contributed by atoms with van der Waals surface area (Å²) in [5, 5.41) is 8.76. The number of benzene rings is 1. The number of fused-ring (bicyclic) bond motifs is 1. The van der Waals surface area contributed by atoms with Gasteiger partial charge in [0, 0.05) is 20.2 Å². The molecule has 0 aromatic heterocycles. The summed E-state index contributed by atoms with van der Waals surface area (Å²) < 4.78 is 0. The van der Waals surface area contributed by atoms with Crippen LogP contribution in [-0.2, 0) is 0 Å². The van der Waals surface area contributed by atoms with Crippen molar-refractivity contribution in [2.75, 3.05) is 36.7 Å². The lowest BCUT2D eigenvalue weighted by molar-refractivity contribution is 0.285. The maximum absolute atomic E-state index is 8.76. The van der Waals surface area contributed by atoms with Crippen LogP contribution in [0.25, 0.3) is 0 Å². The van der Waals surface area contributed by atoms with Gasteiger partial charge in [0.25, 0.3) is 0 Å². The number of nitrogens with zero attached hydrogens (tertiary/aromatic N) is 2. The molecule has 1 aromatic rings. The molecule has 0 unspecified atom stereocenters. The molecular weight excluding hydrogens is 188 g/mol. The molecule has 1 N–H and O–H groups in total. The van der Waals surface area contributed by atoms with Crippen molar-refractivity contribution < 1.29 is 5.11 Å². The average molecular weight is 206 g/mol. The molecule has 1 aliphatic rings. The third kappa shape index (κ3) is 2.07. The fourth-order valence-electron chi connectivity index (χ4n) is 2.07. The standard InChI is InChI=1S/C12H18N2O/c1-13-10-14(8-4-5-9-15)12-7-3-2-6-11(12)13/h2-3,6-7,15H,4-5,8-10H2,1H3. The van der Waals surface area contributed by atoms with Gasteiger partial charge < -0.3 is 14.9 Å². The molecule has 3 heteroatoms. The number of anilines is 2. The summed E-state index contributed by atoms with van der Waals surface area (Å²) in [6, 6.07) is 8.47. The molecule has 2 rings (SSSR count). The summed E-state index contributed by atoms with van der Waals surface area (Å²) in [6.07, 6.45) is 1.95. The molecule has 0 atom stereocenters.